The van der Waals surface area contributed by atoms with Gasteiger partial charge in [-0.2, -0.15) is 0 Å². The smallest absolute Gasteiger partial charge is 0.410 e. The van der Waals surface area contributed by atoms with Gasteiger partial charge in [0.1, 0.15) is 28.3 Å². The number of carbonyl (C=O) groups is 1. The van der Waals surface area contributed by atoms with Gasteiger partial charge in [0.15, 0.2) is 0 Å². The van der Waals surface area contributed by atoms with E-state index in [9.17, 15) is 4.79 Å². The van der Waals surface area contributed by atoms with Crippen LogP contribution in [-0.2, 0) is 27.1 Å². The molecule has 0 aliphatic carbocycles. The van der Waals surface area contributed by atoms with E-state index in [4.69, 9.17) is 24.2 Å². The highest BCUT2D eigenvalue weighted by Gasteiger charge is 2.38. The van der Waals surface area contributed by atoms with Crippen LogP contribution in [0, 0.1) is 13.8 Å². The summed E-state index contributed by atoms with van der Waals surface area (Å²) in [5.74, 6) is 3.60. The summed E-state index contributed by atoms with van der Waals surface area (Å²) in [4.78, 5) is 61.6. The van der Waals surface area contributed by atoms with Crippen LogP contribution in [0.25, 0.3) is 22.1 Å². The Hall–Kier alpha value is -5.93. The number of hydrogen-bond acceptors (Lipinski definition) is 17. The highest BCUT2D eigenvalue weighted by atomic mass is 16.6. The summed E-state index contributed by atoms with van der Waals surface area (Å²) in [5.41, 5.74) is 7.36. The molecule has 6 aromatic heterocycles. The average molecular weight is 1100 g/mol. The third kappa shape index (κ3) is 14.8. The van der Waals surface area contributed by atoms with Crippen LogP contribution in [0.5, 0.6) is 0 Å². The molecule has 0 aromatic carbocycles. The van der Waals surface area contributed by atoms with Crippen LogP contribution in [0.15, 0.2) is 49.1 Å². The molecule has 20 heteroatoms. The van der Waals surface area contributed by atoms with Gasteiger partial charge in [-0.1, -0.05) is 7.43 Å². The van der Waals surface area contributed by atoms with Crippen molar-refractivity contribution in [3.63, 3.8) is 0 Å². The number of nitrogens with one attached hydrogen (secondary N) is 1. The third-order valence-corrected chi connectivity index (χ3v) is 16.6. The number of pyridine rings is 2. The molecule has 0 unspecified atom stereocenters. The molecule has 0 spiro atoms. The van der Waals surface area contributed by atoms with Gasteiger partial charge >= 0.3 is 6.09 Å². The number of nitrogens with zero attached hydrogens (tertiary/aromatic N) is 15. The van der Waals surface area contributed by atoms with Crippen LogP contribution < -0.4 is 15.1 Å². The van der Waals surface area contributed by atoms with Crippen molar-refractivity contribution in [2.24, 2.45) is 0 Å². The van der Waals surface area contributed by atoms with Crippen LogP contribution in [0.1, 0.15) is 141 Å². The number of fused-ring (bicyclic) bond motifs is 2. The van der Waals surface area contributed by atoms with Gasteiger partial charge in [0.05, 0.1) is 46.0 Å². The lowest BCUT2D eigenvalue weighted by Gasteiger charge is -2.42. The molecule has 0 saturated carbocycles. The molecule has 20 nitrogen and oxygen atoms in total. The van der Waals surface area contributed by atoms with Gasteiger partial charge in [0, 0.05) is 155 Å². The van der Waals surface area contributed by atoms with Crippen LogP contribution in [-0.4, -0.2) is 192 Å². The molecule has 10 rings (SSSR count). The van der Waals surface area contributed by atoms with Crippen LogP contribution in [0.4, 0.5) is 16.7 Å². The fraction of sp³-hybridized carbons (Fsp3) is 0.650. The third-order valence-electron chi connectivity index (χ3n) is 16.6. The summed E-state index contributed by atoms with van der Waals surface area (Å²) < 4.78 is 22.3. The van der Waals surface area contributed by atoms with Gasteiger partial charge in [0.25, 0.3) is 0 Å². The molecule has 4 fully saturated rings. The Kier molecular flexibility index (Phi) is 19.8. The average Bonchev–Trinajstić information content (AvgIpc) is 4.05. The number of piperazine rings is 2. The zero-order valence-corrected chi connectivity index (χ0v) is 49.2. The fourth-order valence-corrected chi connectivity index (χ4v) is 11.9. The van der Waals surface area contributed by atoms with Crippen LogP contribution in [0.3, 0.4) is 0 Å². The standard InChI is InChI=1S/C32H48N8O3.C27H40N8O.CH4/c1-23(2)40-24(3)35-27-22-34-26(21-28(27)40)20-25-8-12-33-29(36-25)38-14-10-32(42-7,11-15-38)9-13-37-16-18-39(19-17-37)30(41)43-31(4,5)6;1-20(2)35-21(3)31-24-19-30-23(18-25(24)35)17-22-5-9-29-26(32-22)34-13-7-27(36-4,8-14-34)6-12-33-15-10-28-11-16-33;/h8,12,21-23H,9-11,13-20H2,1-7H3;5,9,18-20,28H,6-8,10-17H2,1-4H3;1H4. The monoisotopic (exact) mass is 1100 g/mol. The first-order valence-electron chi connectivity index (χ1n) is 29.0. The Balaban J connectivity index is 0.000000211. The Morgan fingerprint density at radius 3 is 1.43 bits per heavy atom. The van der Waals surface area contributed by atoms with E-state index >= 15 is 0 Å². The van der Waals surface area contributed by atoms with E-state index in [1.165, 1.54) is 0 Å². The van der Waals surface area contributed by atoms with Crippen molar-refractivity contribution in [3.05, 3.63) is 83.5 Å². The van der Waals surface area contributed by atoms with Crippen molar-refractivity contribution in [2.45, 2.75) is 150 Å². The normalized spacial score (nSPS) is 18.2. The molecule has 1 N–H and O–H groups in total. The number of amides is 1. The number of imidazole rings is 2. The van der Waals surface area contributed by atoms with Gasteiger partial charge in [0.2, 0.25) is 11.9 Å². The summed E-state index contributed by atoms with van der Waals surface area (Å²) in [6.07, 6.45) is 14.5. The second-order valence-electron chi connectivity index (χ2n) is 23.8. The van der Waals surface area contributed by atoms with Gasteiger partial charge in [-0.15, -0.1) is 0 Å². The first-order valence-corrected chi connectivity index (χ1v) is 29.0. The zero-order valence-electron chi connectivity index (χ0n) is 49.2. The molecule has 0 radical (unpaired) electrons. The summed E-state index contributed by atoms with van der Waals surface area (Å²) in [5, 5.41) is 3.43. The van der Waals surface area contributed by atoms with Crippen molar-refractivity contribution in [3.8, 4) is 0 Å². The minimum atomic E-state index is -0.468. The number of aromatic nitrogens is 10. The molecule has 4 aliphatic heterocycles. The maximum atomic E-state index is 12.4. The number of carbonyl (C=O) groups excluding carboxylic acids is 1. The predicted octanol–water partition coefficient (Wildman–Crippen LogP) is 8.25. The second kappa shape index (κ2) is 26.3. The number of aryl methyl sites for hydroxylation is 2. The molecule has 0 atom stereocenters. The van der Waals surface area contributed by atoms with Crippen molar-refractivity contribution in [1.82, 2.24) is 69.0 Å². The van der Waals surface area contributed by atoms with E-state index in [1.807, 2.05) is 83.7 Å². The SMILES string of the molecule is C.COC1(CCN2CCN(C(=O)OC(C)(C)C)CC2)CCN(c2nccc(Cc3cc4c(cn3)nc(C)n4C(C)C)n2)CC1.COC1(CCN2CCNCC2)CCN(c2nccc(Cc3cc4c(cn3)nc(C)n4C(C)C)n2)CC1. The van der Waals surface area contributed by atoms with Gasteiger partial charge in [-0.05, 0) is 125 Å². The van der Waals surface area contributed by atoms with E-state index in [0.29, 0.717) is 38.0 Å². The molecular weight excluding hydrogens is 1010 g/mol. The lowest BCUT2D eigenvalue weighted by atomic mass is 9.87. The molecule has 10 heterocycles. The number of rotatable bonds is 16. The van der Waals surface area contributed by atoms with Crippen LogP contribution in [0.2, 0.25) is 0 Å². The molecule has 4 aliphatic rings. The fourth-order valence-electron chi connectivity index (χ4n) is 11.9. The molecule has 6 aromatic rings. The van der Waals surface area contributed by atoms with Crippen molar-refractivity contribution in [2.75, 3.05) is 116 Å². The molecular formula is C60H92N16O4. The number of hydrogen-bond donors (Lipinski definition) is 1. The first kappa shape index (κ1) is 60.2. The van der Waals surface area contributed by atoms with Gasteiger partial charge in [-0.3, -0.25) is 14.9 Å². The Bertz CT molecular complexity index is 2960. The Labute approximate surface area is 475 Å². The highest BCUT2D eigenvalue weighted by molar-refractivity contribution is 5.76. The Morgan fingerprint density at radius 1 is 0.600 bits per heavy atom. The lowest BCUT2D eigenvalue weighted by Crippen LogP contribution is -2.52. The minimum Gasteiger partial charge on any atom is -0.444 e. The molecule has 436 valence electrons. The topological polar surface area (TPSA) is 186 Å². The summed E-state index contributed by atoms with van der Waals surface area (Å²) >= 11 is 0. The van der Waals surface area contributed by atoms with Crippen molar-refractivity contribution in [1.29, 1.82) is 0 Å². The molecule has 0 bridgehead atoms. The number of anilines is 2. The summed E-state index contributed by atoms with van der Waals surface area (Å²) in [6, 6.07) is 8.96. The van der Waals surface area contributed by atoms with E-state index in [2.05, 4.69) is 111 Å². The van der Waals surface area contributed by atoms with E-state index in [-0.39, 0.29) is 24.7 Å². The molecule has 1 amide bonds. The maximum Gasteiger partial charge on any atom is 0.410 e. The zero-order chi connectivity index (χ0) is 55.9. The quantitative estimate of drug-likeness (QED) is 0.0976. The van der Waals surface area contributed by atoms with E-state index in [0.717, 1.165) is 185 Å². The lowest BCUT2D eigenvalue weighted by molar-refractivity contribution is -0.0447. The number of piperidine rings is 2. The highest BCUT2D eigenvalue weighted by Crippen LogP contribution is 2.33. The Morgan fingerprint density at radius 2 is 1.02 bits per heavy atom. The van der Waals surface area contributed by atoms with Crippen LogP contribution >= 0.6 is 0 Å². The first-order chi connectivity index (χ1) is 37.9. The molecule has 80 heavy (non-hydrogen) atoms. The number of ether oxygens (including phenoxy) is 3. The van der Waals surface area contributed by atoms with Crippen molar-refractivity contribution < 1.29 is 19.0 Å². The van der Waals surface area contributed by atoms with Gasteiger partial charge in [-0.25, -0.2) is 34.7 Å². The van der Waals surface area contributed by atoms with E-state index < -0.39 is 5.60 Å². The van der Waals surface area contributed by atoms with Crippen molar-refractivity contribution >= 4 is 40.1 Å². The summed E-state index contributed by atoms with van der Waals surface area (Å²) in [7, 11) is 3.71. The maximum absolute atomic E-state index is 12.4. The van der Waals surface area contributed by atoms with Gasteiger partial charge < -0.3 is 48.3 Å². The predicted molar refractivity (Wildman–Crippen MR) is 317 cm³/mol. The molecule has 4 saturated heterocycles. The minimum absolute atomic E-state index is 0. The number of methoxy groups -OCH3 is 2. The second-order valence-corrected chi connectivity index (χ2v) is 23.8. The largest absolute Gasteiger partial charge is 0.444 e. The van der Waals surface area contributed by atoms with E-state index in [1.54, 1.807) is 0 Å². The summed E-state index contributed by atoms with van der Waals surface area (Å²) in [6.45, 7) is 31.7.